The summed E-state index contributed by atoms with van der Waals surface area (Å²) in [6, 6.07) is 10.8. The van der Waals surface area contributed by atoms with Gasteiger partial charge in [-0.05, 0) is 37.3 Å². The standard InChI is InChI=1S/C16H12BrNO4/c1-9(19)10-3-2-4-11(7-10)15(20)18-14-6-5-12(17)8-13(14)16(21)22/h2-8H,1H3,(H,18,20)(H,21,22). The Balaban J connectivity index is 2.31. The molecule has 0 fully saturated rings. The van der Waals surface area contributed by atoms with Gasteiger partial charge in [0, 0.05) is 15.6 Å². The van der Waals surface area contributed by atoms with Gasteiger partial charge in [0.1, 0.15) is 0 Å². The molecule has 0 aliphatic rings. The molecule has 0 aliphatic carbocycles. The summed E-state index contributed by atoms with van der Waals surface area (Å²) in [5.74, 6) is -1.77. The number of hydrogen-bond acceptors (Lipinski definition) is 3. The summed E-state index contributed by atoms with van der Waals surface area (Å²) in [5, 5.41) is 11.7. The van der Waals surface area contributed by atoms with Crippen molar-refractivity contribution in [1.82, 2.24) is 0 Å². The molecule has 0 heterocycles. The largest absolute Gasteiger partial charge is 0.478 e. The number of carbonyl (C=O) groups is 3. The van der Waals surface area contributed by atoms with Crippen LogP contribution in [-0.2, 0) is 0 Å². The molecule has 0 aromatic heterocycles. The Morgan fingerprint density at radius 1 is 1.05 bits per heavy atom. The third-order valence-electron chi connectivity index (χ3n) is 2.99. The molecule has 0 aliphatic heterocycles. The second kappa shape index (κ2) is 6.53. The van der Waals surface area contributed by atoms with Gasteiger partial charge in [-0.1, -0.05) is 28.1 Å². The number of aromatic carboxylic acids is 1. The molecular weight excluding hydrogens is 350 g/mol. The summed E-state index contributed by atoms with van der Waals surface area (Å²) in [6.07, 6.45) is 0. The minimum Gasteiger partial charge on any atom is -0.478 e. The number of nitrogens with one attached hydrogen (secondary N) is 1. The van der Waals surface area contributed by atoms with Gasteiger partial charge in [0.25, 0.3) is 5.91 Å². The molecule has 22 heavy (non-hydrogen) atoms. The highest BCUT2D eigenvalue weighted by atomic mass is 79.9. The lowest BCUT2D eigenvalue weighted by molar-refractivity contribution is 0.0697. The lowest BCUT2D eigenvalue weighted by Gasteiger charge is -2.09. The van der Waals surface area contributed by atoms with Crippen LogP contribution in [0.2, 0.25) is 0 Å². The second-order valence-corrected chi connectivity index (χ2v) is 5.50. The van der Waals surface area contributed by atoms with E-state index in [1.165, 1.54) is 25.1 Å². The van der Waals surface area contributed by atoms with Gasteiger partial charge in [-0.3, -0.25) is 9.59 Å². The predicted molar refractivity (Wildman–Crippen MR) is 85.5 cm³/mol. The minimum atomic E-state index is -1.14. The van der Waals surface area contributed by atoms with E-state index in [0.717, 1.165) is 0 Å². The molecule has 0 spiro atoms. The zero-order valence-electron chi connectivity index (χ0n) is 11.6. The van der Waals surface area contributed by atoms with E-state index in [0.29, 0.717) is 10.0 Å². The SMILES string of the molecule is CC(=O)c1cccc(C(=O)Nc2ccc(Br)cc2C(=O)O)c1. The zero-order chi connectivity index (χ0) is 16.3. The highest BCUT2D eigenvalue weighted by Gasteiger charge is 2.14. The maximum absolute atomic E-state index is 12.2. The Bertz CT molecular complexity index is 770. The molecule has 6 heteroatoms. The van der Waals surface area contributed by atoms with Gasteiger partial charge in [0.2, 0.25) is 0 Å². The second-order valence-electron chi connectivity index (χ2n) is 4.59. The Labute approximate surface area is 135 Å². The molecule has 0 bridgehead atoms. The van der Waals surface area contributed by atoms with E-state index >= 15 is 0 Å². The van der Waals surface area contributed by atoms with Gasteiger partial charge in [-0.2, -0.15) is 0 Å². The quantitative estimate of drug-likeness (QED) is 0.814. The highest BCUT2D eigenvalue weighted by molar-refractivity contribution is 9.10. The lowest BCUT2D eigenvalue weighted by atomic mass is 10.1. The number of hydrogen-bond donors (Lipinski definition) is 2. The average molecular weight is 362 g/mol. The summed E-state index contributed by atoms with van der Waals surface area (Å²) in [7, 11) is 0. The monoisotopic (exact) mass is 361 g/mol. The third-order valence-corrected chi connectivity index (χ3v) is 3.48. The molecule has 5 nitrogen and oxygen atoms in total. The third kappa shape index (κ3) is 3.59. The molecule has 0 radical (unpaired) electrons. The van der Waals surface area contributed by atoms with Crippen molar-refractivity contribution in [2.45, 2.75) is 6.92 Å². The number of carboxylic acids is 1. The van der Waals surface area contributed by atoms with Crippen molar-refractivity contribution in [3.05, 3.63) is 63.6 Å². The number of carboxylic acid groups (broad SMARTS) is 1. The Morgan fingerprint density at radius 3 is 2.36 bits per heavy atom. The maximum Gasteiger partial charge on any atom is 0.337 e. The number of amides is 1. The van der Waals surface area contributed by atoms with Crippen LogP contribution in [0.3, 0.4) is 0 Å². The molecule has 1 amide bonds. The number of halogens is 1. The van der Waals surface area contributed by atoms with Crippen LogP contribution in [0.5, 0.6) is 0 Å². The van der Waals surface area contributed by atoms with Crippen LogP contribution in [-0.4, -0.2) is 22.8 Å². The number of benzene rings is 2. The topological polar surface area (TPSA) is 83.5 Å². The molecular formula is C16H12BrNO4. The highest BCUT2D eigenvalue weighted by Crippen LogP contribution is 2.22. The number of anilines is 1. The Hall–Kier alpha value is -2.47. The normalized spacial score (nSPS) is 10.1. The Morgan fingerprint density at radius 2 is 1.73 bits per heavy atom. The first-order chi connectivity index (χ1) is 10.4. The minimum absolute atomic E-state index is 0.0227. The number of carbonyl (C=O) groups excluding carboxylic acids is 2. The smallest absolute Gasteiger partial charge is 0.337 e. The van der Waals surface area contributed by atoms with E-state index in [4.69, 9.17) is 0 Å². The van der Waals surface area contributed by atoms with Crippen molar-refractivity contribution in [2.24, 2.45) is 0 Å². The fourth-order valence-electron chi connectivity index (χ4n) is 1.88. The van der Waals surface area contributed by atoms with Crippen LogP contribution in [0.4, 0.5) is 5.69 Å². The summed E-state index contributed by atoms with van der Waals surface area (Å²) in [6.45, 7) is 1.41. The van der Waals surface area contributed by atoms with Crippen molar-refractivity contribution in [1.29, 1.82) is 0 Å². The number of Topliss-reactive ketones (excluding diaryl/α,β-unsaturated/α-hetero) is 1. The lowest BCUT2D eigenvalue weighted by Crippen LogP contribution is -2.15. The molecule has 0 atom stereocenters. The van der Waals surface area contributed by atoms with Crippen LogP contribution in [0.15, 0.2) is 46.9 Å². The number of rotatable bonds is 4. The summed E-state index contributed by atoms with van der Waals surface area (Å²) >= 11 is 3.19. The first kappa shape index (κ1) is 15.9. The van der Waals surface area contributed by atoms with E-state index in [1.807, 2.05) is 0 Å². The van der Waals surface area contributed by atoms with Crippen molar-refractivity contribution >= 4 is 39.3 Å². The van der Waals surface area contributed by atoms with Crippen LogP contribution in [0, 0.1) is 0 Å². The van der Waals surface area contributed by atoms with Crippen molar-refractivity contribution in [3.63, 3.8) is 0 Å². The molecule has 112 valence electrons. The van der Waals surface area contributed by atoms with Gasteiger partial charge >= 0.3 is 5.97 Å². The molecule has 0 unspecified atom stereocenters. The fourth-order valence-corrected chi connectivity index (χ4v) is 2.24. The van der Waals surface area contributed by atoms with Crippen LogP contribution >= 0.6 is 15.9 Å². The van der Waals surface area contributed by atoms with Crippen LogP contribution in [0.1, 0.15) is 38.0 Å². The van der Waals surface area contributed by atoms with E-state index < -0.39 is 11.9 Å². The van der Waals surface area contributed by atoms with Crippen molar-refractivity contribution in [3.8, 4) is 0 Å². The number of ketones is 1. The van der Waals surface area contributed by atoms with Crippen molar-refractivity contribution < 1.29 is 19.5 Å². The van der Waals surface area contributed by atoms with Gasteiger partial charge in [-0.15, -0.1) is 0 Å². The predicted octanol–water partition coefficient (Wildman–Crippen LogP) is 3.60. The first-order valence-corrected chi connectivity index (χ1v) is 7.13. The molecule has 2 rings (SSSR count). The van der Waals surface area contributed by atoms with Gasteiger partial charge in [0.05, 0.1) is 11.3 Å². The van der Waals surface area contributed by atoms with Gasteiger partial charge in [-0.25, -0.2) is 4.79 Å². The fraction of sp³-hybridized carbons (Fsp3) is 0.0625. The average Bonchev–Trinajstić information content (AvgIpc) is 2.48. The van der Waals surface area contributed by atoms with E-state index in [1.54, 1.807) is 24.3 Å². The summed E-state index contributed by atoms with van der Waals surface area (Å²) in [4.78, 5) is 34.8. The van der Waals surface area contributed by atoms with Crippen LogP contribution < -0.4 is 5.32 Å². The summed E-state index contributed by atoms with van der Waals surface area (Å²) < 4.78 is 0.599. The molecule has 2 N–H and O–H groups in total. The molecule has 0 saturated heterocycles. The summed E-state index contributed by atoms with van der Waals surface area (Å²) in [5.41, 5.74) is 0.869. The van der Waals surface area contributed by atoms with Crippen LogP contribution in [0.25, 0.3) is 0 Å². The Kier molecular flexibility index (Phi) is 4.72. The van der Waals surface area contributed by atoms with Gasteiger partial charge in [0.15, 0.2) is 5.78 Å². The van der Waals surface area contributed by atoms with E-state index in [9.17, 15) is 19.5 Å². The molecule has 0 saturated carbocycles. The van der Waals surface area contributed by atoms with Crippen molar-refractivity contribution in [2.75, 3.05) is 5.32 Å². The zero-order valence-corrected chi connectivity index (χ0v) is 13.2. The maximum atomic E-state index is 12.2. The molecule has 2 aromatic rings. The molecule has 2 aromatic carbocycles. The van der Waals surface area contributed by atoms with Gasteiger partial charge < -0.3 is 10.4 Å². The van der Waals surface area contributed by atoms with E-state index in [2.05, 4.69) is 21.2 Å². The van der Waals surface area contributed by atoms with E-state index in [-0.39, 0.29) is 22.6 Å². The first-order valence-electron chi connectivity index (χ1n) is 6.33.